The molecule has 0 unspecified atom stereocenters. The van der Waals surface area contributed by atoms with Gasteiger partial charge in [0.05, 0.1) is 10.4 Å². The summed E-state index contributed by atoms with van der Waals surface area (Å²) in [6.45, 7) is 1.31. The summed E-state index contributed by atoms with van der Waals surface area (Å²) in [7, 11) is -3.69. The number of aromatic nitrogens is 1. The summed E-state index contributed by atoms with van der Waals surface area (Å²) in [4.78, 5) is 26.4. The Hall–Kier alpha value is -2.13. The van der Waals surface area contributed by atoms with E-state index in [0.717, 1.165) is 44.9 Å². The van der Waals surface area contributed by atoms with Crippen LogP contribution < -0.4 is 10.5 Å². The zero-order chi connectivity index (χ0) is 19.7. The first-order valence-corrected chi connectivity index (χ1v) is 11.4. The Morgan fingerprint density at radius 3 is 2.54 bits per heavy atom. The number of carbonyl (C=O) groups excluding carboxylic acids is 1. The van der Waals surface area contributed by atoms with Crippen molar-refractivity contribution in [3.8, 4) is 0 Å². The summed E-state index contributed by atoms with van der Waals surface area (Å²) in [5.41, 5.74) is 0.597. The summed E-state index contributed by atoms with van der Waals surface area (Å²) < 4.78 is 34.6. The molecule has 2 aromatic rings. The van der Waals surface area contributed by atoms with Gasteiger partial charge in [0.25, 0.3) is 0 Å². The van der Waals surface area contributed by atoms with Crippen LogP contribution >= 0.6 is 0 Å². The smallest absolute Gasteiger partial charge is 0.408 e. The molecule has 9 heteroatoms. The number of oxazole rings is 1. The van der Waals surface area contributed by atoms with E-state index in [4.69, 9.17) is 4.42 Å². The van der Waals surface area contributed by atoms with Crippen LogP contribution in [0.5, 0.6) is 0 Å². The van der Waals surface area contributed by atoms with Crippen molar-refractivity contribution in [1.82, 2.24) is 14.2 Å². The highest BCUT2D eigenvalue weighted by Crippen LogP contribution is 2.22. The fourth-order valence-corrected chi connectivity index (χ4v) is 5.39. The van der Waals surface area contributed by atoms with Crippen LogP contribution in [0.1, 0.15) is 44.9 Å². The fourth-order valence-electron chi connectivity index (χ4n) is 4.07. The molecule has 1 N–H and O–H groups in total. The SMILES string of the molecule is O=C(Cn1c(=O)oc2cc(S(=O)(=O)NC3CCCCC3)ccc21)N1CCCC1. The molecule has 1 aliphatic heterocycles. The lowest BCUT2D eigenvalue weighted by Gasteiger charge is -2.22. The average Bonchev–Trinajstić information content (AvgIpc) is 3.30. The van der Waals surface area contributed by atoms with Crippen LogP contribution in [0.3, 0.4) is 0 Å². The van der Waals surface area contributed by atoms with Crippen molar-refractivity contribution in [2.24, 2.45) is 0 Å². The van der Waals surface area contributed by atoms with Gasteiger partial charge in [-0.05, 0) is 37.8 Å². The number of nitrogens with one attached hydrogen (secondary N) is 1. The van der Waals surface area contributed by atoms with Gasteiger partial charge in [-0.25, -0.2) is 17.9 Å². The molecule has 1 saturated heterocycles. The summed E-state index contributed by atoms with van der Waals surface area (Å²) in [5, 5.41) is 0. The highest BCUT2D eigenvalue weighted by atomic mass is 32.2. The molecule has 2 aliphatic rings. The average molecular weight is 407 g/mol. The Bertz CT molecular complexity index is 1030. The summed E-state index contributed by atoms with van der Waals surface area (Å²) in [6.07, 6.45) is 6.81. The van der Waals surface area contributed by atoms with E-state index in [-0.39, 0.29) is 29.0 Å². The number of amides is 1. The monoisotopic (exact) mass is 407 g/mol. The Kier molecular flexibility index (Phi) is 5.29. The molecule has 152 valence electrons. The molecule has 8 nitrogen and oxygen atoms in total. The van der Waals surface area contributed by atoms with E-state index in [1.165, 1.54) is 22.8 Å². The number of rotatable bonds is 5. The van der Waals surface area contributed by atoms with E-state index in [9.17, 15) is 18.0 Å². The van der Waals surface area contributed by atoms with Crippen molar-refractivity contribution < 1.29 is 17.6 Å². The molecular formula is C19H25N3O5S. The largest absolute Gasteiger partial charge is 0.420 e. The van der Waals surface area contributed by atoms with E-state index >= 15 is 0 Å². The van der Waals surface area contributed by atoms with Crippen LogP contribution in [0.2, 0.25) is 0 Å². The van der Waals surface area contributed by atoms with Gasteiger partial charge in [0.2, 0.25) is 15.9 Å². The third-order valence-corrected chi connectivity index (χ3v) is 7.15. The van der Waals surface area contributed by atoms with Crippen LogP contribution in [0.25, 0.3) is 11.1 Å². The van der Waals surface area contributed by atoms with Crippen LogP contribution in [0, 0.1) is 0 Å². The minimum atomic E-state index is -3.69. The maximum Gasteiger partial charge on any atom is 0.420 e. The molecule has 0 radical (unpaired) electrons. The van der Waals surface area contributed by atoms with Crippen molar-refractivity contribution in [2.45, 2.75) is 62.4 Å². The molecule has 2 fully saturated rings. The van der Waals surface area contributed by atoms with Crippen LogP contribution in [0.4, 0.5) is 0 Å². The van der Waals surface area contributed by atoms with Crippen molar-refractivity contribution >= 4 is 27.0 Å². The van der Waals surface area contributed by atoms with E-state index in [2.05, 4.69) is 4.72 Å². The second kappa shape index (κ2) is 7.71. The first kappa shape index (κ1) is 19.2. The first-order valence-electron chi connectivity index (χ1n) is 9.87. The van der Waals surface area contributed by atoms with Gasteiger partial charge in [0.15, 0.2) is 5.58 Å². The van der Waals surface area contributed by atoms with Crippen molar-refractivity contribution in [3.05, 3.63) is 28.7 Å². The number of fused-ring (bicyclic) bond motifs is 1. The van der Waals surface area contributed by atoms with Gasteiger partial charge in [-0.1, -0.05) is 19.3 Å². The maximum absolute atomic E-state index is 12.7. The third kappa shape index (κ3) is 3.86. The molecule has 4 rings (SSSR count). The Morgan fingerprint density at radius 1 is 1.11 bits per heavy atom. The molecular weight excluding hydrogens is 382 g/mol. The zero-order valence-corrected chi connectivity index (χ0v) is 16.5. The standard InChI is InChI=1S/C19H25N3O5S/c23-18(21-10-4-5-11-21)13-22-16-9-8-15(12-17(16)27-19(22)24)28(25,26)20-14-6-2-1-3-7-14/h8-9,12,14,20H,1-7,10-11,13H2. The lowest BCUT2D eigenvalue weighted by molar-refractivity contribution is -0.130. The Morgan fingerprint density at radius 2 is 1.82 bits per heavy atom. The number of sulfonamides is 1. The number of likely N-dealkylation sites (tertiary alicyclic amines) is 1. The maximum atomic E-state index is 12.7. The van der Waals surface area contributed by atoms with Gasteiger partial charge >= 0.3 is 5.76 Å². The summed E-state index contributed by atoms with van der Waals surface area (Å²) in [5.74, 6) is -0.782. The topological polar surface area (TPSA) is 102 Å². The normalized spacial score (nSPS) is 18.8. The Balaban J connectivity index is 1.57. The number of hydrogen-bond acceptors (Lipinski definition) is 5. The molecule has 1 aromatic carbocycles. The molecule has 0 atom stereocenters. The zero-order valence-electron chi connectivity index (χ0n) is 15.7. The predicted octanol–water partition coefficient (Wildman–Crippen LogP) is 1.83. The first-order chi connectivity index (χ1) is 13.4. The highest BCUT2D eigenvalue weighted by Gasteiger charge is 2.24. The van der Waals surface area contributed by atoms with E-state index in [1.807, 2.05) is 0 Å². The third-order valence-electron chi connectivity index (χ3n) is 5.63. The van der Waals surface area contributed by atoms with Crippen LogP contribution in [-0.4, -0.2) is 42.9 Å². The Labute approximate surface area is 163 Å². The highest BCUT2D eigenvalue weighted by molar-refractivity contribution is 7.89. The van der Waals surface area contributed by atoms with E-state index in [0.29, 0.717) is 18.6 Å². The minimum absolute atomic E-state index is 0.0517. The van der Waals surface area contributed by atoms with Gasteiger partial charge in [-0.15, -0.1) is 0 Å². The summed E-state index contributed by atoms with van der Waals surface area (Å²) in [6, 6.07) is 4.30. The summed E-state index contributed by atoms with van der Waals surface area (Å²) >= 11 is 0. The lowest BCUT2D eigenvalue weighted by Crippen LogP contribution is -2.36. The molecule has 1 amide bonds. The minimum Gasteiger partial charge on any atom is -0.408 e. The molecule has 28 heavy (non-hydrogen) atoms. The van der Waals surface area contributed by atoms with Gasteiger partial charge < -0.3 is 9.32 Å². The van der Waals surface area contributed by atoms with Crippen LogP contribution in [-0.2, 0) is 21.4 Å². The van der Waals surface area contributed by atoms with Crippen molar-refractivity contribution in [3.63, 3.8) is 0 Å². The van der Waals surface area contributed by atoms with Gasteiger partial charge in [-0.2, -0.15) is 0 Å². The molecule has 0 spiro atoms. The van der Waals surface area contributed by atoms with Gasteiger partial charge in [0.1, 0.15) is 6.54 Å². The fraction of sp³-hybridized carbons (Fsp3) is 0.579. The number of benzene rings is 1. The van der Waals surface area contributed by atoms with Crippen molar-refractivity contribution in [2.75, 3.05) is 13.1 Å². The molecule has 0 bridgehead atoms. The van der Waals surface area contributed by atoms with E-state index < -0.39 is 15.8 Å². The molecule has 1 saturated carbocycles. The van der Waals surface area contributed by atoms with Gasteiger partial charge in [0, 0.05) is 25.2 Å². The number of nitrogens with zero attached hydrogens (tertiary/aromatic N) is 2. The van der Waals surface area contributed by atoms with E-state index in [1.54, 1.807) is 4.90 Å². The second-order valence-corrected chi connectivity index (χ2v) is 9.34. The van der Waals surface area contributed by atoms with Crippen molar-refractivity contribution in [1.29, 1.82) is 0 Å². The predicted molar refractivity (Wildman–Crippen MR) is 103 cm³/mol. The number of carbonyl (C=O) groups is 1. The second-order valence-electron chi connectivity index (χ2n) is 7.63. The molecule has 1 aliphatic carbocycles. The molecule has 1 aromatic heterocycles. The van der Waals surface area contributed by atoms with Gasteiger partial charge in [-0.3, -0.25) is 9.36 Å². The van der Waals surface area contributed by atoms with Crippen LogP contribution in [0.15, 0.2) is 32.3 Å². The quantitative estimate of drug-likeness (QED) is 0.815. The number of hydrogen-bond donors (Lipinski definition) is 1. The lowest BCUT2D eigenvalue weighted by atomic mass is 9.96. The molecule has 2 heterocycles.